The summed E-state index contributed by atoms with van der Waals surface area (Å²) in [4.78, 5) is 23.7. The third-order valence-electron chi connectivity index (χ3n) is 4.62. The molecule has 0 aliphatic rings. The van der Waals surface area contributed by atoms with Gasteiger partial charge in [0.1, 0.15) is 5.82 Å². The van der Waals surface area contributed by atoms with Gasteiger partial charge in [0, 0.05) is 41.1 Å². The van der Waals surface area contributed by atoms with Crippen LogP contribution in [0.25, 0.3) is 16.9 Å². The van der Waals surface area contributed by atoms with Gasteiger partial charge in [-0.2, -0.15) is 23.3 Å². The molecule has 13 heteroatoms. The minimum Gasteiger partial charge on any atom is -0.478 e. The number of nitrogens with one attached hydrogen (secondary N) is 1. The summed E-state index contributed by atoms with van der Waals surface area (Å²) in [5, 5.41) is 15.5. The van der Waals surface area contributed by atoms with Crippen LogP contribution in [0.5, 0.6) is 0 Å². The zero-order valence-electron chi connectivity index (χ0n) is 17.1. The Morgan fingerprint density at radius 2 is 1.91 bits per heavy atom. The number of halogens is 5. The van der Waals surface area contributed by atoms with Crippen LogP contribution in [0, 0.1) is 12.7 Å². The van der Waals surface area contributed by atoms with Crippen molar-refractivity contribution >= 4 is 29.2 Å². The smallest absolute Gasteiger partial charge is 0.435 e. The van der Waals surface area contributed by atoms with E-state index in [2.05, 4.69) is 25.4 Å². The number of alkyl halides is 3. The minimum absolute atomic E-state index is 0.0489. The maximum absolute atomic E-state index is 13.5. The SMILES string of the molecule is Cc1cc(C(F)(F)F)nn1-c1nc(Nc2ccc(F)c(Cl)c2)ncc1-c1cncc(C(=O)O)c1. The molecule has 0 spiro atoms. The zero-order valence-corrected chi connectivity index (χ0v) is 17.9. The molecule has 0 bridgehead atoms. The Kier molecular flexibility index (Phi) is 5.92. The summed E-state index contributed by atoms with van der Waals surface area (Å²) < 4.78 is 54.2. The van der Waals surface area contributed by atoms with E-state index in [1.54, 1.807) is 0 Å². The molecule has 34 heavy (non-hydrogen) atoms. The second-order valence-corrected chi connectivity index (χ2v) is 7.44. The van der Waals surface area contributed by atoms with Crippen LogP contribution < -0.4 is 5.32 Å². The molecule has 0 saturated heterocycles. The Hall–Kier alpha value is -4.06. The molecule has 0 fully saturated rings. The Morgan fingerprint density at radius 3 is 2.56 bits per heavy atom. The number of anilines is 2. The van der Waals surface area contributed by atoms with Gasteiger partial charge in [0.25, 0.3) is 0 Å². The van der Waals surface area contributed by atoms with Crippen LogP contribution in [-0.2, 0) is 6.18 Å². The lowest BCUT2D eigenvalue weighted by atomic mass is 10.1. The van der Waals surface area contributed by atoms with E-state index in [1.807, 2.05) is 0 Å². The molecule has 1 aromatic carbocycles. The number of benzene rings is 1. The molecule has 0 aliphatic carbocycles. The van der Waals surface area contributed by atoms with Crippen molar-refractivity contribution in [2.24, 2.45) is 0 Å². The van der Waals surface area contributed by atoms with E-state index in [1.165, 1.54) is 37.5 Å². The van der Waals surface area contributed by atoms with Gasteiger partial charge in [0.05, 0.1) is 10.6 Å². The number of carbonyl (C=O) groups is 1. The van der Waals surface area contributed by atoms with Crippen molar-refractivity contribution in [3.63, 3.8) is 0 Å². The summed E-state index contributed by atoms with van der Waals surface area (Å²) in [6.45, 7) is 1.41. The second kappa shape index (κ2) is 8.71. The van der Waals surface area contributed by atoms with E-state index >= 15 is 0 Å². The van der Waals surface area contributed by atoms with Crippen LogP contribution in [0.4, 0.5) is 29.2 Å². The van der Waals surface area contributed by atoms with Crippen LogP contribution in [0.3, 0.4) is 0 Å². The Labute approximate surface area is 193 Å². The summed E-state index contributed by atoms with van der Waals surface area (Å²) in [6, 6.07) is 5.92. The molecule has 174 valence electrons. The van der Waals surface area contributed by atoms with Gasteiger partial charge in [-0.15, -0.1) is 0 Å². The van der Waals surface area contributed by atoms with Crippen molar-refractivity contribution < 1.29 is 27.5 Å². The van der Waals surface area contributed by atoms with Crippen molar-refractivity contribution in [3.05, 3.63) is 76.7 Å². The summed E-state index contributed by atoms with van der Waals surface area (Å²) >= 11 is 5.79. The molecule has 4 aromatic rings. The number of rotatable bonds is 5. The standard InChI is InChI=1S/C21H13ClF4N6O2/c1-10-4-17(21(24,25)26)31-32(10)18-14(11-5-12(19(33)34)8-27-7-11)9-28-20(30-18)29-13-2-3-16(23)15(22)6-13/h2-9H,1H3,(H,33,34)(H,28,29,30). The van der Waals surface area contributed by atoms with E-state index in [9.17, 15) is 27.5 Å². The van der Waals surface area contributed by atoms with E-state index in [0.29, 0.717) is 5.69 Å². The van der Waals surface area contributed by atoms with Crippen LogP contribution in [0.15, 0.2) is 48.9 Å². The predicted molar refractivity (Wildman–Crippen MR) is 114 cm³/mol. The first-order valence-electron chi connectivity index (χ1n) is 9.45. The Bertz CT molecular complexity index is 1410. The number of aryl methyl sites for hydroxylation is 1. The molecule has 0 saturated carbocycles. The van der Waals surface area contributed by atoms with Gasteiger partial charge in [-0.1, -0.05) is 11.6 Å². The highest BCUT2D eigenvalue weighted by molar-refractivity contribution is 6.31. The molecule has 8 nitrogen and oxygen atoms in total. The van der Waals surface area contributed by atoms with Crippen molar-refractivity contribution in [1.82, 2.24) is 24.7 Å². The number of aromatic carboxylic acids is 1. The number of carboxylic acid groups (broad SMARTS) is 1. The number of aromatic nitrogens is 5. The van der Waals surface area contributed by atoms with E-state index in [0.717, 1.165) is 23.0 Å². The lowest BCUT2D eigenvalue weighted by Gasteiger charge is -2.13. The first kappa shape index (κ1) is 23.1. The van der Waals surface area contributed by atoms with Gasteiger partial charge in [-0.3, -0.25) is 4.98 Å². The maximum Gasteiger partial charge on any atom is 0.435 e. The highest BCUT2D eigenvalue weighted by atomic mass is 35.5. The van der Waals surface area contributed by atoms with Crippen molar-refractivity contribution in [1.29, 1.82) is 0 Å². The first-order valence-corrected chi connectivity index (χ1v) is 9.83. The average Bonchev–Trinajstić information content (AvgIpc) is 3.18. The normalized spacial score (nSPS) is 11.5. The van der Waals surface area contributed by atoms with E-state index in [-0.39, 0.29) is 39.2 Å². The molecule has 2 N–H and O–H groups in total. The molecule has 0 unspecified atom stereocenters. The van der Waals surface area contributed by atoms with Crippen molar-refractivity contribution in [2.45, 2.75) is 13.1 Å². The number of nitrogens with zero attached hydrogens (tertiary/aromatic N) is 5. The molecule has 3 aromatic heterocycles. The molecule has 0 radical (unpaired) electrons. The molecule has 0 atom stereocenters. The Balaban J connectivity index is 1.87. The van der Waals surface area contributed by atoms with Crippen molar-refractivity contribution in [3.8, 4) is 16.9 Å². The zero-order chi connectivity index (χ0) is 24.6. The van der Waals surface area contributed by atoms with Gasteiger partial charge < -0.3 is 10.4 Å². The topological polar surface area (TPSA) is 106 Å². The van der Waals surface area contributed by atoms with Crippen molar-refractivity contribution in [2.75, 3.05) is 5.32 Å². The summed E-state index contributed by atoms with van der Waals surface area (Å²) in [7, 11) is 0. The van der Waals surface area contributed by atoms with Crippen LogP contribution >= 0.6 is 11.6 Å². The summed E-state index contributed by atoms with van der Waals surface area (Å²) in [5.74, 6) is -1.99. The van der Waals surface area contributed by atoms with Gasteiger partial charge in [-0.05, 0) is 37.3 Å². The summed E-state index contributed by atoms with van der Waals surface area (Å²) in [5.41, 5.74) is -0.405. The fourth-order valence-corrected chi connectivity index (χ4v) is 3.21. The summed E-state index contributed by atoms with van der Waals surface area (Å²) in [6.07, 6.45) is -0.959. The number of hydrogen-bond donors (Lipinski definition) is 2. The van der Waals surface area contributed by atoms with Crippen LogP contribution in [-0.4, -0.2) is 35.8 Å². The highest BCUT2D eigenvalue weighted by Gasteiger charge is 2.35. The van der Waals surface area contributed by atoms with Crippen LogP contribution in [0.1, 0.15) is 21.7 Å². The molecular weight excluding hydrogens is 480 g/mol. The highest BCUT2D eigenvalue weighted by Crippen LogP contribution is 2.32. The monoisotopic (exact) mass is 492 g/mol. The van der Waals surface area contributed by atoms with E-state index in [4.69, 9.17) is 11.6 Å². The molecule has 3 heterocycles. The molecule has 4 rings (SSSR count). The third-order valence-corrected chi connectivity index (χ3v) is 4.91. The number of pyridine rings is 1. The van der Waals surface area contributed by atoms with Gasteiger partial charge in [0.2, 0.25) is 5.95 Å². The predicted octanol–water partition coefficient (Wildman–Crippen LogP) is 5.29. The van der Waals surface area contributed by atoms with E-state index < -0.39 is 23.7 Å². The molecular formula is C21H13ClF4N6O2. The lowest BCUT2D eigenvalue weighted by Crippen LogP contribution is -2.11. The minimum atomic E-state index is -4.69. The molecule has 0 aliphatic heterocycles. The number of carboxylic acids is 1. The first-order chi connectivity index (χ1) is 16.0. The molecule has 0 amide bonds. The Morgan fingerprint density at radius 1 is 1.15 bits per heavy atom. The third kappa shape index (κ3) is 4.66. The largest absolute Gasteiger partial charge is 0.478 e. The van der Waals surface area contributed by atoms with Crippen LogP contribution in [0.2, 0.25) is 5.02 Å². The van der Waals surface area contributed by atoms with Gasteiger partial charge in [0.15, 0.2) is 11.5 Å². The quantitative estimate of drug-likeness (QED) is 0.365. The maximum atomic E-state index is 13.5. The lowest BCUT2D eigenvalue weighted by molar-refractivity contribution is -0.141. The van der Waals surface area contributed by atoms with Gasteiger partial charge >= 0.3 is 12.1 Å². The number of hydrogen-bond acceptors (Lipinski definition) is 6. The van der Waals surface area contributed by atoms with Gasteiger partial charge in [-0.25, -0.2) is 18.9 Å². The average molecular weight is 493 g/mol. The second-order valence-electron chi connectivity index (χ2n) is 7.03. The fraction of sp³-hybridized carbons (Fsp3) is 0.0952. The fourth-order valence-electron chi connectivity index (χ4n) is 3.03.